The highest BCUT2D eigenvalue weighted by atomic mass is 14.6. The molecule has 0 unspecified atom stereocenters. The normalized spacial score (nSPS) is 44.3. The molecule has 4 aliphatic rings. The van der Waals surface area contributed by atoms with Crippen molar-refractivity contribution in [1.29, 1.82) is 0 Å². The molecular formula is C16H29N. The molecule has 0 heterocycles. The zero-order valence-corrected chi connectivity index (χ0v) is 11.7. The quantitative estimate of drug-likeness (QED) is 0.784. The van der Waals surface area contributed by atoms with Gasteiger partial charge < -0.3 is 5.73 Å². The van der Waals surface area contributed by atoms with Crippen LogP contribution in [0.3, 0.4) is 0 Å². The van der Waals surface area contributed by atoms with Crippen molar-refractivity contribution in [2.24, 2.45) is 34.3 Å². The maximum absolute atomic E-state index is 5.78. The van der Waals surface area contributed by atoms with Gasteiger partial charge in [-0.15, -0.1) is 0 Å². The third-order valence-corrected chi connectivity index (χ3v) is 5.84. The summed E-state index contributed by atoms with van der Waals surface area (Å²) in [4.78, 5) is 0. The summed E-state index contributed by atoms with van der Waals surface area (Å²) in [5.41, 5.74) is 6.98. The Hall–Kier alpha value is -0.0400. The molecule has 0 aromatic rings. The zero-order chi connectivity index (χ0) is 12.1. The molecule has 1 heteroatoms. The average Bonchev–Trinajstić information content (AvgIpc) is 2.11. The van der Waals surface area contributed by atoms with Gasteiger partial charge in [-0.05, 0) is 86.5 Å². The fourth-order valence-electron chi connectivity index (χ4n) is 6.00. The van der Waals surface area contributed by atoms with Gasteiger partial charge in [-0.3, -0.25) is 0 Å². The van der Waals surface area contributed by atoms with Crippen molar-refractivity contribution in [3.8, 4) is 0 Å². The van der Waals surface area contributed by atoms with Crippen molar-refractivity contribution in [1.82, 2.24) is 0 Å². The second-order valence-corrected chi connectivity index (χ2v) is 8.30. The lowest BCUT2D eigenvalue weighted by molar-refractivity contribution is -0.0748. The topological polar surface area (TPSA) is 26.0 Å². The lowest BCUT2D eigenvalue weighted by atomic mass is 9.47. The van der Waals surface area contributed by atoms with E-state index in [1.54, 1.807) is 38.5 Å². The third kappa shape index (κ3) is 2.28. The van der Waals surface area contributed by atoms with Crippen LogP contribution in [0.4, 0.5) is 0 Å². The summed E-state index contributed by atoms with van der Waals surface area (Å²) in [5.74, 6) is 3.28. The molecule has 1 nitrogen and oxygen atoms in total. The van der Waals surface area contributed by atoms with Gasteiger partial charge in [0.25, 0.3) is 0 Å². The van der Waals surface area contributed by atoms with E-state index >= 15 is 0 Å². The molecule has 0 amide bonds. The van der Waals surface area contributed by atoms with Crippen LogP contribution in [-0.2, 0) is 0 Å². The Morgan fingerprint density at radius 2 is 1.47 bits per heavy atom. The molecule has 0 radical (unpaired) electrons. The Balaban J connectivity index is 1.74. The van der Waals surface area contributed by atoms with E-state index in [4.69, 9.17) is 5.73 Å². The summed E-state index contributed by atoms with van der Waals surface area (Å²) in [6, 6.07) is 0. The van der Waals surface area contributed by atoms with Crippen LogP contribution in [0.1, 0.15) is 65.2 Å². The van der Waals surface area contributed by atoms with E-state index in [-0.39, 0.29) is 0 Å². The molecule has 0 saturated heterocycles. The summed E-state index contributed by atoms with van der Waals surface area (Å²) in [6.07, 6.45) is 12.0. The van der Waals surface area contributed by atoms with E-state index in [0.717, 1.165) is 29.7 Å². The minimum atomic E-state index is 0.473. The van der Waals surface area contributed by atoms with Gasteiger partial charge in [0.15, 0.2) is 0 Å². The molecular weight excluding hydrogens is 206 g/mol. The van der Waals surface area contributed by atoms with Gasteiger partial charge in [-0.25, -0.2) is 0 Å². The second kappa shape index (κ2) is 3.98. The Bertz CT molecular complexity index is 257. The lowest BCUT2D eigenvalue weighted by Crippen LogP contribution is -2.47. The molecule has 0 aliphatic heterocycles. The molecule has 4 rings (SSSR count). The monoisotopic (exact) mass is 235 g/mol. The number of hydrogen-bond acceptors (Lipinski definition) is 1. The predicted octanol–water partition coefficient (Wildman–Crippen LogP) is 3.97. The molecule has 17 heavy (non-hydrogen) atoms. The van der Waals surface area contributed by atoms with E-state index in [0.29, 0.717) is 5.41 Å². The van der Waals surface area contributed by atoms with E-state index in [9.17, 15) is 0 Å². The highest BCUT2D eigenvalue weighted by molar-refractivity contribution is 5.02. The summed E-state index contributed by atoms with van der Waals surface area (Å²) >= 11 is 0. The van der Waals surface area contributed by atoms with Gasteiger partial charge in [-0.2, -0.15) is 0 Å². The lowest BCUT2D eigenvalue weighted by Gasteiger charge is -2.58. The largest absolute Gasteiger partial charge is 0.330 e. The van der Waals surface area contributed by atoms with Gasteiger partial charge in [0.2, 0.25) is 0 Å². The van der Waals surface area contributed by atoms with E-state index in [1.807, 2.05) is 0 Å². The number of hydrogen-bond donors (Lipinski definition) is 1. The maximum Gasteiger partial charge on any atom is -0.00722 e. The van der Waals surface area contributed by atoms with Crippen molar-refractivity contribution in [3.05, 3.63) is 0 Å². The van der Waals surface area contributed by atoms with Crippen LogP contribution < -0.4 is 5.73 Å². The first-order chi connectivity index (χ1) is 8.00. The minimum absolute atomic E-state index is 0.473. The summed E-state index contributed by atoms with van der Waals surface area (Å²) in [6.45, 7) is 5.75. The van der Waals surface area contributed by atoms with Crippen LogP contribution in [0.15, 0.2) is 0 Å². The van der Waals surface area contributed by atoms with Gasteiger partial charge >= 0.3 is 0 Å². The van der Waals surface area contributed by atoms with Gasteiger partial charge in [0, 0.05) is 0 Å². The van der Waals surface area contributed by atoms with Gasteiger partial charge in [-0.1, -0.05) is 13.8 Å². The summed E-state index contributed by atoms with van der Waals surface area (Å²) < 4.78 is 0. The molecule has 0 aromatic carbocycles. The SMILES string of the molecule is CC(C)(CCN)CC12CC3CC(CC(C3)C1)C2. The zero-order valence-electron chi connectivity index (χ0n) is 11.7. The highest BCUT2D eigenvalue weighted by Crippen LogP contribution is 2.63. The first-order valence-electron chi connectivity index (χ1n) is 7.70. The fourth-order valence-corrected chi connectivity index (χ4v) is 6.00. The predicted molar refractivity (Wildman–Crippen MR) is 72.7 cm³/mol. The van der Waals surface area contributed by atoms with E-state index in [1.165, 1.54) is 12.8 Å². The molecule has 0 aromatic heterocycles. The Kier molecular flexibility index (Phi) is 2.81. The second-order valence-electron chi connectivity index (χ2n) is 8.30. The first-order valence-corrected chi connectivity index (χ1v) is 7.70. The molecule has 4 saturated carbocycles. The van der Waals surface area contributed by atoms with Crippen molar-refractivity contribution in [2.75, 3.05) is 6.54 Å². The van der Waals surface area contributed by atoms with Crippen LogP contribution >= 0.6 is 0 Å². The van der Waals surface area contributed by atoms with E-state index in [2.05, 4.69) is 13.8 Å². The highest BCUT2D eigenvalue weighted by Gasteiger charge is 2.51. The van der Waals surface area contributed by atoms with Gasteiger partial charge in [0.1, 0.15) is 0 Å². The molecule has 0 spiro atoms. The first kappa shape index (κ1) is 12.0. The smallest absolute Gasteiger partial charge is 0.00722 e. The van der Waals surface area contributed by atoms with Crippen molar-refractivity contribution >= 4 is 0 Å². The molecule has 4 aliphatic carbocycles. The number of nitrogens with two attached hydrogens (primary N) is 1. The third-order valence-electron chi connectivity index (χ3n) is 5.84. The van der Waals surface area contributed by atoms with Crippen LogP contribution in [0.2, 0.25) is 0 Å². The van der Waals surface area contributed by atoms with Crippen molar-refractivity contribution in [3.63, 3.8) is 0 Å². The maximum atomic E-state index is 5.78. The van der Waals surface area contributed by atoms with Crippen LogP contribution in [0.5, 0.6) is 0 Å². The van der Waals surface area contributed by atoms with Crippen LogP contribution in [0.25, 0.3) is 0 Å². The standard InChI is InChI=1S/C16H29N/c1-15(2,3-4-17)11-16-8-12-5-13(9-16)7-14(6-12)10-16/h12-14H,3-11,17H2,1-2H3. The van der Waals surface area contributed by atoms with E-state index < -0.39 is 0 Å². The molecule has 2 N–H and O–H groups in total. The average molecular weight is 235 g/mol. The number of rotatable bonds is 4. The molecule has 4 bridgehead atoms. The minimum Gasteiger partial charge on any atom is -0.330 e. The van der Waals surface area contributed by atoms with Gasteiger partial charge in [0.05, 0.1) is 0 Å². The Labute approximate surface area is 107 Å². The van der Waals surface area contributed by atoms with Crippen LogP contribution in [0, 0.1) is 28.6 Å². The Morgan fingerprint density at radius 1 is 1.00 bits per heavy atom. The Morgan fingerprint density at radius 3 is 1.88 bits per heavy atom. The fraction of sp³-hybridized carbons (Fsp3) is 1.00. The summed E-state index contributed by atoms with van der Waals surface area (Å²) in [5, 5.41) is 0. The van der Waals surface area contributed by atoms with Crippen molar-refractivity contribution < 1.29 is 0 Å². The summed E-state index contributed by atoms with van der Waals surface area (Å²) in [7, 11) is 0. The molecule has 0 atom stereocenters. The van der Waals surface area contributed by atoms with Crippen molar-refractivity contribution in [2.45, 2.75) is 65.2 Å². The molecule has 4 fully saturated rings. The van der Waals surface area contributed by atoms with Crippen LogP contribution in [-0.4, -0.2) is 6.54 Å². The molecule has 98 valence electrons.